The summed E-state index contributed by atoms with van der Waals surface area (Å²) < 4.78 is 0. The van der Waals surface area contributed by atoms with Crippen LogP contribution in [0.25, 0.3) is 0 Å². The Morgan fingerprint density at radius 2 is 1.21 bits per heavy atom. The number of aliphatic hydroxyl groups is 3. The first kappa shape index (κ1) is 27.1. The van der Waals surface area contributed by atoms with E-state index in [4.69, 9.17) is 0 Å². The van der Waals surface area contributed by atoms with Gasteiger partial charge in [0.1, 0.15) is 11.5 Å². The molecular formula is C26H40N2O5. The highest BCUT2D eigenvalue weighted by molar-refractivity contribution is 5.49. The lowest BCUT2D eigenvalue weighted by Gasteiger charge is -2.24. The summed E-state index contributed by atoms with van der Waals surface area (Å²) in [5.41, 5.74) is 2.20. The second-order valence-corrected chi connectivity index (χ2v) is 10.7. The van der Waals surface area contributed by atoms with Crippen LogP contribution in [0.4, 0.5) is 0 Å². The maximum absolute atomic E-state index is 10.7. The molecule has 7 nitrogen and oxygen atoms in total. The van der Waals surface area contributed by atoms with Crippen molar-refractivity contribution in [3.8, 4) is 11.5 Å². The zero-order chi connectivity index (χ0) is 25.0. The number of aromatic hydroxyl groups is 2. The first-order valence-electron chi connectivity index (χ1n) is 11.3. The fraction of sp³-hybridized carbons (Fsp3) is 0.538. The molecule has 0 saturated heterocycles. The van der Waals surface area contributed by atoms with Crippen LogP contribution in [0.15, 0.2) is 30.3 Å². The summed E-state index contributed by atoms with van der Waals surface area (Å²) in [4.78, 5) is 0. The summed E-state index contributed by atoms with van der Waals surface area (Å²) in [5, 5.41) is 58.5. The lowest BCUT2D eigenvalue weighted by atomic mass is 9.94. The lowest BCUT2D eigenvalue weighted by molar-refractivity contribution is 0.163. The third kappa shape index (κ3) is 8.28. The van der Waals surface area contributed by atoms with Gasteiger partial charge in [-0.2, -0.15) is 0 Å². The fourth-order valence-corrected chi connectivity index (χ4v) is 3.44. The minimum Gasteiger partial charge on any atom is -0.508 e. The van der Waals surface area contributed by atoms with Gasteiger partial charge in [0.05, 0.1) is 18.8 Å². The number of benzene rings is 2. The van der Waals surface area contributed by atoms with Crippen LogP contribution in [-0.4, -0.2) is 49.7 Å². The van der Waals surface area contributed by atoms with Crippen LogP contribution < -0.4 is 10.6 Å². The number of phenolic OH excluding ortho intramolecular Hbond substituents is 1. The van der Waals surface area contributed by atoms with Gasteiger partial charge in [0, 0.05) is 36.2 Å². The Balaban J connectivity index is 2.32. The zero-order valence-corrected chi connectivity index (χ0v) is 20.6. The molecule has 2 aromatic carbocycles. The van der Waals surface area contributed by atoms with E-state index < -0.39 is 12.2 Å². The molecule has 184 valence electrons. The molecule has 2 rings (SSSR count). The van der Waals surface area contributed by atoms with Crippen molar-refractivity contribution in [1.29, 1.82) is 0 Å². The third-order valence-corrected chi connectivity index (χ3v) is 5.37. The summed E-state index contributed by atoms with van der Waals surface area (Å²) in [6.07, 6.45) is -1.42. The Morgan fingerprint density at radius 3 is 1.73 bits per heavy atom. The second-order valence-electron chi connectivity index (χ2n) is 10.7. The van der Waals surface area contributed by atoms with Crippen molar-refractivity contribution in [3.05, 3.63) is 58.1 Å². The predicted molar refractivity (Wildman–Crippen MR) is 130 cm³/mol. The number of β-amino-alcohol motifs (C(OH)–C–C–N with tert-alkyl or cyclic N) is 2. The van der Waals surface area contributed by atoms with Gasteiger partial charge in [-0.3, -0.25) is 0 Å². The molecule has 2 aromatic rings. The van der Waals surface area contributed by atoms with E-state index in [9.17, 15) is 25.5 Å². The highest BCUT2D eigenvalue weighted by Crippen LogP contribution is 2.32. The Morgan fingerprint density at radius 1 is 0.727 bits per heavy atom. The highest BCUT2D eigenvalue weighted by Gasteiger charge is 2.19. The minimum absolute atomic E-state index is 0.0417. The van der Waals surface area contributed by atoms with Crippen LogP contribution in [0.1, 0.15) is 81.6 Å². The van der Waals surface area contributed by atoms with E-state index in [-0.39, 0.29) is 35.6 Å². The summed E-state index contributed by atoms with van der Waals surface area (Å²) in [6.45, 7) is 12.3. The van der Waals surface area contributed by atoms with E-state index in [1.54, 1.807) is 24.3 Å². The highest BCUT2D eigenvalue weighted by atomic mass is 16.3. The van der Waals surface area contributed by atoms with Crippen molar-refractivity contribution in [2.24, 2.45) is 0 Å². The van der Waals surface area contributed by atoms with Gasteiger partial charge in [-0.05, 0) is 88.1 Å². The van der Waals surface area contributed by atoms with Crippen LogP contribution in [0, 0.1) is 0 Å². The smallest absolute Gasteiger partial charge is 0.124 e. The molecule has 0 aromatic heterocycles. The molecule has 0 spiro atoms. The average molecular weight is 461 g/mol. The molecule has 0 unspecified atom stereocenters. The van der Waals surface area contributed by atoms with Crippen molar-refractivity contribution in [2.75, 3.05) is 13.1 Å². The van der Waals surface area contributed by atoms with Crippen molar-refractivity contribution < 1.29 is 25.5 Å². The molecule has 2 atom stereocenters. The summed E-state index contributed by atoms with van der Waals surface area (Å²) in [6, 6.07) is 8.19. The summed E-state index contributed by atoms with van der Waals surface area (Å²) in [7, 11) is 0. The number of aliphatic hydroxyl groups excluding tert-OH is 3. The molecule has 0 bridgehead atoms. The Bertz CT molecular complexity index is 932. The van der Waals surface area contributed by atoms with Gasteiger partial charge < -0.3 is 36.2 Å². The molecule has 0 amide bonds. The van der Waals surface area contributed by atoms with E-state index >= 15 is 0 Å². The number of hydrogen-bond acceptors (Lipinski definition) is 7. The normalized spacial score (nSPS) is 14.3. The van der Waals surface area contributed by atoms with Gasteiger partial charge >= 0.3 is 0 Å². The quantitative estimate of drug-likeness (QED) is 0.307. The lowest BCUT2D eigenvalue weighted by Crippen LogP contribution is -2.38. The molecule has 0 aliphatic carbocycles. The number of hydrogen-bond donors (Lipinski definition) is 7. The molecule has 0 fully saturated rings. The van der Waals surface area contributed by atoms with E-state index in [1.807, 2.05) is 41.5 Å². The van der Waals surface area contributed by atoms with Gasteiger partial charge in [-0.15, -0.1) is 0 Å². The van der Waals surface area contributed by atoms with E-state index in [0.717, 1.165) is 0 Å². The Labute approximate surface area is 197 Å². The van der Waals surface area contributed by atoms with Crippen LogP contribution in [0.3, 0.4) is 0 Å². The fourth-order valence-electron chi connectivity index (χ4n) is 3.44. The first-order valence-corrected chi connectivity index (χ1v) is 11.3. The molecule has 7 N–H and O–H groups in total. The van der Waals surface area contributed by atoms with Gasteiger partial charge in [0.25, 0.3) is 0 Å². The zero-order valence-electron chi connectivity index (χ0n) is 20.6. The Kier molecular flexibility index (Phi) is 8.90. The maximum atomic E-state index is 10.7. The van der Waals surface area contributed by atoms with Gasteiger partial charge in [0.2, 0.25) is 0 Å². The number of phenols is 2. The molecule has 0 aliphatic rings. The molecule has 7 heteroatoms. The van der Waals surface area contributed by atoms with E-state index in [1.165, 1.54) is 6.07 Å². The second kappa shape index (κ2) is 10.8. The van der Waals surface area contributed by atoms with Crippen LogP contribution >= 0.6 is 0 Å². The summed E-state index contributed by atoms with van der Waals surface area (Å²) in [5.74, 6) is -0.0305. The number of rotatable bonds is 9. The molecule has 33 heavy (non-hydrogen) atoms. The van der Waals surface area contributed by atoms with Crippen LogP contribution in [0.5, 0.6) is 11.5 Å². The molecule has 0 aliphatic heterocycles. The average Bonchev–Trinajstić information content (AvgIpc) is 2.72. The molecule has 0 saturated carbocycles. The predicted octanol–water partition coefficient (Wildman–Crippen LogP) is 3.02. The van der Waals surface area contributed by atoms with Crippen molar-refractivity contribution in [1.82, 2.24) is 10.6 Å². The monoisotopic (exact) mass is 460 g/mol. The molecular weight excluding hydrogens is 420 g/mol. The topological polar surface area (TPSA) is 125 Å². The standard InChI is InChI=1S/C26H40N2O5/c1-25(2,3)27-13-22(31)16-7-8-21(30)17(9-16)10-19-11-18(12-20(15-29)24(19)33)23(32)14-28-26(4,5)6/h7-9,11-12,22-23,27-33H,10,13-15H2,1-6H3/t22-,23+/m1/s1. The van der Waals surface area contributed by atoms with Crippen LogP contribution in [0.2, 0.25) is 0 Å². The Hall–Kier alpha value is -2.16. The SMILES string of the molecule is CC(C)(C)NC[C@@H](O)c1ccc(O)c(Cc2cc([C@@H](O)CNC(C)(C)C)cc(CO)c2O)c1. The van der Waals surface area contributed by atoms with Crippen molar-refractivity contribution in [3.63, 3.8) is 0 Å². The summed E-state index contributed by atoms with van der Waals surface area (Å²) >= 11 is 0. The van der Waals surface area contributed by atoms with Gasteiger partial charge in [-0.1, -0.05) is 6.07 Å². The van der Waals surface area contributed by atoms with E-state index in [2.05, 4.69) is 10.6 Å². The molecule has 0 heterocycles. The van der Waals surface area contributed by atoms with Crippen molar-refractivity contribution >= 4 is 0 Å². The van der Waals surface area contributed by atoms with E-state index in [0.29, 0.717) is 40.9 Å². The van der Waals surface area contributed by atoms with Crippen LogP contribution in [-0.2, 0) is 13.0 Å². The van der Waals surface area contributed by atoms with Gasteiger partial charge in [0.15, 0.2) is 0 Å². The van der Waals surface area contributed by atoms with Gasteiger partial charge in [-0.25, -0.2) is 0 Å². The number of nitrogens with one attached hydrogen (secondary N) is 2. The van der Waals surface area contributed by atoms with Crippen molar-refractivity contribution in [2.45, 2.75) is 77.9 Å². The first-order chi connectivity index (χ1) is 15.2. The molecule has 0 radical (unpaired) electrons. The third-order valence-electron chi connectivity index (χ3n) is 5.37. The largest absolute Gasteiger partial charge is 0.508 e. The minimum atomic E-state index is -0.834. The maximum Gasteiger partial charge on any atom is 0.124 e.